The fourth-order valence-corrected chi connectivity index (χ4v) is 2.75. The van der Waals surface area contributed by atoms with Crippen molar-refractivity contribution in [1.29, 1.82) is 0 Å². The summed E-state index contributed by atoms with van der Waals surface area (Å²) in [6.45, 7) is 0. The highest BCUT2D eigenvalue weighted by Gasteiger charge is 2.93. The Bertz CT molecular complexity index is 907. The average Bonchev–Trinajstić information content (AvgIpc) is 3.14. The molecule has 34 heavy (non-hydrogen) atoms. The van der Waals surface area contributed by atoms with Crippen LogP contribution in [-0.2, 0) is 4.84 Å². The molecule has 0 bridgehead atoms. The van der Waals surface area contributed by atoms with Crippen LogP contribution < -0.4 is 0 Å². The summed E-state index contributed by atoms with van der Waals surface area (Å²) in [5, 5.41) is 3.22. The molecule has 1 aliphatic rings. The van der Waals surface area contributed by atoms with Crippen molar-refractivity contribution in [2.75, 3.05) is 0 Å². The van der Waals surface area contributed by atoms with Crippen LogP contribution in [0.5, 0.6) is 0 Å². The molecule has 0 aromatic heterocycles. The highest BCUT2D eigenvalue weighted by molar-refractivity contribution is 6.01. The van der Waals surface area contributed by atoms with E-state index in [9.17, 15) is 65.9 Å². The molecule has 0 N–H and O–H groups in total. The fraction of sp³-hybridized carbons (Fsp3) is 0.588. The normalized spacial score (nSPS) is 19.1. The van der Waals surface area contributed by atoms with E-state index in [2.05, 4.69) is 9.99 Å². The van der Waals surface area contributed by atoms with E-state index in [4.69, 9.17) is 0 Å². The Balaban J connectivity index is 2.33. The number of alkyl halides is 15. The second-order valence-electron chi connectivity index (χ2n) is 7.11. The van der Waals surface area contributed by atoms with Crippen molar-refractivity contribution in [3.05, 3.63) is 35.9 Å². The van der Waals surface area contributed by atoms with Gasteiger partial charge in [-0.05, 0) is 5.56 Å². The first-order chi connectivity index (χ1) is 15.0. The van der Waals surface area contributed by atoms with Crippen molar-refractivity contribution in [2.45, 2.75) is 60.7 Å². The van der Waals surface area contributed by atoms with Gasteiger partial charge in [0, 0.05) is 6.42 Å². The van der Waals surface area contributed by atoms with Crippen molar-refractivity contribution >= 4 is 5.71 Å². The molecule has 1 aliphatic heterocycles. The molecule has 0 unspecified atom stereocenters. The summed E-state index contributed by atoms with van der Waals surface area (Å²) >= 11 is 0. The number of rotatable bonds is 8. The van der Waals surface area contributed by atoms with Crippen molar-refractivity contribution < 1.29 is 70.7 Å². The Morgan fingerprint density at radius 1 is 0.647 bits per heavy atom. The van der Waals surface area contributed by atoms with Gasteiger partial charge in [0.15, 0.2) is 0 Å². The standard InChI is InChI=1S/C17H10F15NO/c18-11(19,7-9-6-10(33-34-9)8-4-2-1-3-5-8)12(20,21)13(22,23)14(24,25)15(26,27)16(28,29)17(30,31)32/h1-5,9H,6-7H2/t9-/m1/s1. The number of benzene rings is 1. The summed E-state index contributed by atoms with van der Waals surface area (Å²) in [6, 6.07) is 6.97. The minimum Gasteiger partial charge on any atom is -0.392 e. The molecular formula is C17H10F15NO. The summed E-state index contributed by atoms with van der Waals surface area (Å²) in [5.41, 5.74) is 0.00382. The van der Waals surface area contributed by atoms with Crippen molar-refractivity contribution in [1.82, 2.24) is 0 Å². The van der Waals surface area contributed by atoms with Crippen LogP contribution in [0.1, 0.15) is 18.4 Å². The molecule has 1 heterocycles. The van der Waals surface area contributed by atoms with Gasteiger partial charge >= 0.3 is 41.7 Å². The molecule has 194 valence electrons. The van der Waals surface area contributed by atoms with Gasteiger partial charge in [0.25, 0.3) is 0 Å². The van der Waals surface area contributed by atoms with Gasteiger partial charge in [-0.1, -0.05) is 35.5 Å². The van der Waals surface area contributed by atoms with E-state index < -0.39 is 60.7 Å². The first-order valence-corrected chi connectivity index (χ1v) is 8.66. The van der Waals surface area contributed by atoms with Gasteiger partial charge < -0.3 is 4.84 Å². The lowest BCUT2D eigenvalue weighted by atomic mass is 9.88. The third-order valence-corrected chi connectivity index (χ3v) is 4.72. The van der Waals surface area contributed by atoms with Crippen LogP contribution in [0, 0.1) is 0 Å². The monoisotopic (exact) mass is 529 g/mol. The number of hydrogen-bond donors (Lipinski definition) is 0. The summed E-state index contributed by atoms with van der Waals surface area (Å²) in [4.78, 5) is 4.34. The summed E-state index contributed by atoms with van der Waals surface area (Å²) in [7, 11) is 0. The second kappa shape index (κ2) is 8.10. The topological polar surface area (TPSA) is 21.6 Å². The lowest BCUT2D eigenvalue weighted by Gasteiger charge is -2.41. The van der Waals surface area contributed by atoms with Crippen molar-refractivity contribution in [3.63, 3.8) is 0 Å². The molecular weight excluding hydrogens is 519 g/mol. The van der Waals surface area contributed by atoms with Gasteiger partial charge in [-0.2, -0.15) is 65.9 Å². The largest absolute Gasteiger partial charge is 0.460 e. The Morgan fingerprint density at radius 3 is 1.56 bits per heavy atom. The van der Waals surface area contributed by atoms with Gasteiger partial charge in [0.1, 0.15) is 6.10 Å². The highest BCUT2D eigenvalue weighted by Crippen LogP contribution is 2.62. The van der Waals surface area contributed by atoms with E-state index in [1.807, 2.05) is 0 Å². The van der Waals surface area contributed by atoms with Gasteiger partial charge in [0.05, 0.1) is 12.1 Å². The van der Waals surface area contributed by atoms with Gasteiger partial charge in [0.2, 0.25) is 0 Å². The first-order valence-electron chi connectivity index (χ1n) is 8.66. The molecule has 1 aromatic carbocycles. The Morgan fingerprint density at radius 2 is 1.09 bits per heavy atom. The lowest BCUT2D eigenvalue weighted by Crippen LogP contribution is -2.72. The third-order valence-electron chi connectivity index (χ3n) is 4.72. The average molecular weight is 529 g/mol. The molecule has 0 aliphatic carbocycles. The van der Waals surface area contributed by atoms with Crippen molar-refractivity contribution in [2.24, 2.45) is 5.16 Å². The molecule has 0 amide bonds. The minimum atomic E-state index is -8.30. The maximum Gasteiger partial charge on any atom is 0.460 e. The molecule has 2 nitrogen and oxygen atoms in total. The van der Waals surface area contributed by atoms with E-state index in [1.54, 1.807) is 0 Å². The zero-order valence-electron chi connectivity index (χ0n) is 15.9. The zero-order chi connectivity index (χ0) is 26.6. The second-order valence-corrected chi connectivity index (χ2v) is 7.11. The van der Waals surface area contributed by atoms with Crippen molar-refractivity contribution in [3.8, 4) is 0 Å². The van der Waals surface area contributed by atoms with Crippen LogP contribution in [-0.4, -0.2) is 53.5 Å². The van der Waals surface area contributed by atoms with Crippen LogP contribution in [0.15, 0.2) is 35.5 Å². The SMILES string of the molecule is FC(F)(F)C(F)(F)C(F)(F)C(F)(F)C(F)(F)C(F)(F)C(F)(F)C[C@H]1CC(c2ccccc2)=NO1. The lowest BCUT2D eigenvalue weighted by molar-refractivity contribution is -0.453. The van der Waals surface area contributed by atoms with Crippen LogP contribution >= 0.6 is 0 Å². The van der Waals surface area contributed by atoms with E-state index in [1.165, 1.54) is 30.3 Å². The number of hydrogen-bond acceptors (Lipinski definition) is 2. The minimum absolute atomic E-state index is 0.182. The molecule has 0 saturated carbocycles. The smallest absolute Gasteiger partial charge is 0.392 e. The Hall–Kier alpha value is -2.36. The molecule has 0 spiro atoms. The number of oxime groups is 1. The molecule has 0 saturated heterocycles. The van der Waals surface area contributed by atoms with Crippen LogP contribution in [0.25, 0.3) is 0 Å². The van der Waals surface area contributed by atoms with E-state index in [0.29, 0.717) is 0 Å². The van der Waals surface area contributed by atoms with Crippen LogP contribution in [0.4, 0.5) is 65.9 Å². The Kier molecular flexibility index (Phi) is 6.64. The van der Waals surface area contributed by atoms with Crippen LogP contribution in [0.3, 0.4) is 0 Å². The quantitative estimate of drug-likeness (QED) is 0.335. The van der Waals surface area contributed by atoms with Gasteiger partial charge in [-0.3, -0.25) is 0 Å². The number of halogens is 15. The van der Waals surface area contributed by atoms with E-state index >= 15 is 0 Å². The molecule has 1 atom stereocenters. The molecule has 0 radical (unpaired) electrons. The predicted molar refractivity (Wildman–Crippen MR) is 82.8 cm³/mol. The molecule has 1 aromatic rings. The van der Waals surface area contributed by atoms with Gasteiger partial charge in [-0.15, -0.1) is 0 Å². The molecule has 2 rings (SSSR count). The zero-order valence-corrected chi connectivity index (χ0v) is 15.9. The summed E-state index contributed by atoms with van der Waals surface area (Å²) in [6.07, 6.45) is -13.2. The molecule has 17 heteroatoms. The maximum absolute atomic E-state index is 14.0. The summed E-state index contributed by atoms with van der Waals surface area (Å²) < 4.78 is 198. The van der Waals surface area contributed by atoms with Crippen LogP contribution in [0.2, 0.25) is 0 Å². The maximum atomic E-state index is 14.0. The van der Waals surface area contributed by atoms with E-state index in [-0.39, 0.29) is 11.3 Å². The van der Waals surface area contributed by atoms with Gasteiger partial charge in [-0.25, -0.2) is 0 Å². The third kappa shape index (κ3) is 4.03. The Labute approximate surface area is 179 Å². The molecule has 0 fully saturated rings. The summed E-state index contributed by atoms with van der Waals surface area (Å²) in [5.74, 6) is -46.6. The highest BCUT2D eigenvalue weighted by atomic mass is 19.4. The fourth-order valence-electron chi connectivity index (χ4n) is 2.75. The predicted octanol–water partition coefficient (Wildman–Crippen LogP) is 6.94. The first kappa shape index (κ1) is 27.9. The number of nitrogens with zero attached hydrogens (tertiary/aromatic N) is 1. The van der Waals surface area contributed by atoms with E-state index in [0.717, 1.165) is 0 Å².